The summed E-state index contributed by atoms with van der Waals surface area (Å²) in [6.45, 7) is 0.187. The van der Waals surface area contributed by atoms with Crippen LogP contribution in [0.15, 0.2) is 46.7 Å². The van der Waals surface area contributed by atoms with Crippen LogP contribution in [0, 0.1) is 5.82 Å². The minimum Gasteiger partial charge on any atom is -0.307 e. The fraction of sp³-hybridized carbons (Fsp3) is 0.400. The molecule has 2 amide bonds. The van der Waals surface area contributed by atoms with Crippen LogP contribution in [0.25, 0.3) is 0 Å². The lowest BCUT2D eigenvalue weighted by atomic mass is 9.99. The fourth-order valence-corrected chi connectivity index (χ4v) is 7.93. The molecule has 1 heterocycles. The van der Waals surface area contributed by atoms with Crippen molar-refractivity contribution in [2.24, 2.45) is 0 Å². The van der Waals surface area contributed by atoms with Gasteiger partial charge >= 0.3 is 6.03 Å². The summed E-state index contributed by atoms with van der Waals surface area (Å²) in [6.07, 6.45) is 7.82. The third-order valence-electron chi connectivity index (χ3n) is 7.08. The second kappa shape index (κ2) is 9.60. The first-order valence-electron chi connectivity index (χ1n) is 12.1. The van der Waals surface area contributed by atoms with Gasteiger partial charge in [-0.1, -0.05) is 18.2 Å². The van der Waals surface area contributed by atoms with Crippen LogP contribution in [0.5, 0.6) is 0 Å². The molecule has 8 nitrogen and oxygen atoms in total. The highest BCUT2D eigenvalue weighted by molar-refractivity contribution is 7.93. The van der Waals surface area contributed by atoms with Gasteiger partial charge in [-0.15, -0.1) is 0 Å². The molecular formula is C25H28FN3O5S2. The number of amides is 2. The summed E-state index contributed by atoms with van der Waals surface area (Å²) < 4.78 is 68.0. The lowest BCUT2D eigenvalue weighted by Gasteiger charge is -2.21. The van der Waals surface area contributed by atoms with E-state index in [9.17, 15) is 26.0 Å². The molecule has 0 bridgehead atoms. The number of benzene rings is 2. The van der Waals surface area contributed by atoms with Crippen molar-refractivity contribution >= 4 is 31.8 Å². The molecule has 2 aromatic rings. The molecule has 1 aliphatic heterocycles. The number of carbonyl (C=O) groups is 1. The summed E-state index contributed by atoms with van der Waals surface area (Å²) in [5.74, 6) is -0.671. The molecule has 2 aromatic carbocycles. The molecule has 5 rings (SSSR count). The first-order valence-corrected chi connectivity index (χ1v) is 15.1. The largest absolute Gasteiger partial charge is 0.333 e. The molecule has 0 spiro atoms. The zero-order chi connectivity index (χ0) is 25.5. The molecule has 1 fully saturated rings. The van der Waals surface area contributed by atoms with Gasteiger partial charge in [0.1, 0.15) is 5.82 Å². The molecule has 2 N–H and O–H groups in total. The van der Waals surface area contributed by atoms with E-state index < -0.39 is 37.9 Å². The maximum absolute atomic E-state index is 13.6. The highest BCUT2D eigenvalue weighted by atomic mass is 32.2. The Morgan fingerprint density at radius 1 is 0.972 bits per heavy atom. The highest BCUT2D eigenvalue weighted by Crippen LogP contribution is 2.38. The van der Waals surface area contributed by atoms with Crippen LogP contribution in [0.1, 0.15) is 47.9 Å². The summed E-state index contributed by atoms with van der Waals surface area (Å²) >= 11 is 0. The normalized spacial score (nSPS) is 20.0. The summed E-state index contributed by atoms with van der Waals surface area (Å²) in [4.78, 5) is 12.5. The number of hydrogen-bond acceptors (Lipinski definition) is 5. The summed E-state index contributed by atoms with van der Waals surface area (Å²) in [6, 6.07) is 5.36. The van der Waals surface area contributed by atoms with E-state index in [1.54, 1.807) is 0 Å². The second-order valence-electron chi connectivity index (χ2n) is 9.45. The van der Waals surface area contributed by atoms with Crippen LogP contribution in [-0.2, 0) is 45.7 Å². The molecular weight excluding hydrogens is 505 g/mol. The number of rotatable bonds is 6. The fourth-order valence-electron chi connectivity index (χ4n) is 5.48. The van der Waals surface area contributed by atoms with E-state index in [-0.39, 0.29) is 11.4 Å². The monoisotopic (exact) mass is 533 g/mol. The van der Waals surface area contributed by atoms with E-state index in [2.05, 4.69) is 11.4 Å². The highest BCUT2D eigenvalue weighted by Gasteiger charge is 2.34. The molecule has 192 valence electrons. The standard InChI is InChI=1S/C25H28FN3O5S2/c26-19-7-3-9-21(16-19)36(33,34)29-13-4-8-20(29)12-14-35(31,32)28-25(30)27-24-22-10-1-5-17(22)15-18-6-2-11-23(18)24/h3,7,9,12,14-16,20H,1-2,4-6,8,10-11,13H2,(H2,27,28,30)/b14-12+. The molecule has 11 heteroatoms. The first kappa shape index (κ1) is 24.9. The lowest BCUT2D eigenvalue weighted by molar-refractivity contribution is 0.256. The maximum Gasteiger partial charge on any atom is 0.333 e. The zero-order valence-corrected chi connectivity index (χ0v) is 21.3. The zero-order valence-electron chi connectivity index (χ0n) is 19.7. The van der Waals surface area contributed by atoms with E-state index in [1.807, 2.05) is 4.72 Å². The first-order chi connectivity index (χ1) is 17.1. The van der Waals surface area contributed by atoms with Gasteiger partial charge in [-0.3, -0.25) is 0 Å². The Morgan fingerprint density at radius 3 is 2.33 bits per heavy atom. The topological polar surface area (TPSA) is 113 Å². The number of hydrogen-bond donors (Lipinski definition) is 2. The molecule has 1 saturated heterocycles. The van der Waals surface area contributed by atoms with E-state index in [0.717, 1.165) is 77.2 Å². The number of sulfonamides is 2. The predicted molar refractivity (Wildman–Crippen MR) is 134 cm³/mol. The number of urea groups is 1. The molecule has 36 heavy (non-hydrogen) atoms. The summed E-state index contributed by atoms with van der Waals surface area (Å²) in [5.41, 5.74) is 5.34. The van der Waals surface area contributed by atoms with Crippen LogP contribution >= 0.6 is 0 Å². The van der Waals surface area contributed by atoms with Gasteiger partial charge in [0.2, 0.25) is 10.0 Å². The van der Waals surface area contributed by atoms with Crippen molar-refractivity contribution in [3.63, 3.8) is 0 Å². The quantitative estimate of drug-likeness (QED) is 0.589. The summed E-state index contributed by atoms with van der Waals surface area (Å²) in [7, 11) is -8.19. The van der Waals surface area contributed by atoms with Crippen molar-refractivity contribution in [2.75, 3.05) is 11.9 Å². The number of nitrogens with one attached hydrogen (secondary N) is 2. The Balaban J connectivity index is 1.29. The molecule has 2 aliphatic carbocycles. The second-order valence-corrected chi connectivity index (χ2v) is 12.9. The van der Waals surface area contributed by atoms with Gasteiger partial charge in [0.25, 0.3) is 10.0 Å². The smallest absolute Gasteiger partial charge is 0.307 e. The van der Waals surface area contributed by atoms with E-state index in [4.69, 9.17) is 0 Å². The lowest BCUT2D eigenvalue weighted by Crippen LogP contribution is -2.36. The van der Waals surface area contributed by atoms with Crippen LogP contribution in [-0.4, -0.2) is 39.8 Å². The van der Waals surface area contributed by atoms with Crippen molar-refractivity contribution in [1.29, 1.82) is 0 Å². The summed E-state index contributed by atoms with van der Waals surface area (Å²) in [5, 5.41) is 3.61. The number of nitrogens with zero attached hydrogens (tertiary/aromatic N) is 1. The van der Waals surface area contributed by atoms with E-state index >= 15 is 0 Å². The number of anilines is 1. The Hall–Kier alpha value is -2.76. The van der Waals surface area contributed by atoms with Crippen molar-refractivity contribution in [2.45, 2.75) is 62.3 Å². The SMILES string of the molecule is O=C(Nc1c2c(cc3c1CCC3)CCC2)NS(=O)(=O)/C=C/C1CCCN1S(=O)(=O)c1cccc(F)c1. The van der Waals surface area contributed by atoms with Gasteiger partial charge in [0.15, 0.2) is 0 Å². The number of halogens is 1. The van der Waals surface area contributed by atoms with Crippen molar-refractivity contribution in [3.8, 4) is 0 Å². The minimum absolute atomic E-state index is 0.187. The van der Waals surface area contributed by atoms with Gasteiger partial charge in [0.05, 0.1) is 4.90 Å². The molecule has 1 atom stereocenters. The van der Waals surface area contributed by atoms with Crippen molar-refractivity contribution in [1.82, 2.24) is 9.03 Å². The van der Waals surface area contributed by atoms with Gasteiger partial charge in [-0.05, 0) is 91.8 Å². The third-order valence-corrected chi connectivity index (χ3v) is 9.98. The van der Waals surface area contributed by atoms with Gasteiger partial charge in [0, 0.05) is 23.7 Å². The van der Waals surface area contributed by atoms with Crippen LogP contribution in [0.2, 0.25) is 0 Å². The molecule has 0 saturated carbocycles. The van der Waals surface area contributed by atoms with Crippen LogP contribution in [0.4, 0.5) is 14.9 Å². The molecule has 3 aliphatic rings. The van der Waals surface area contributed by atoms with Crippen molar-refractivity contribution in [3.05, 3.63) is 69.9 Å². The Labute approximate surface area is 210 Å². The van der Waals surface area contributed by atoms with Gasteiger partial charge in [-0.2, -0.15) is 4.31 Å². The van der Waals surface area contributed by atoms with Gasteiger partial charge < -0.3 is 5.32 Å². The molecule has 1 unspecified atom stereocenters. The maximum atomic E-state index is 13.6. The Kier molecular flexibility index (Phi) is 6.65. The van der Waals surface area contributed by atoms with Crippen molar-refractivity contribution < 1.29 is 26.0 Å². The predicted octanol–water partition coefficient (Wildman–Crippen LogP) is 3.62. The third kappa shape index (κ3) is 4.91. The Bertz CT molecular complexity index is 1420. The average molecular weight is 534 g/mol. The average Bonchev–Trinajstić information content (AvgIpc) is 3.57. The van der Waals surface area contributed by atoms with Crippen LogP contribution < -0.4 is 10.0 Å². The number of fused-ring (bicyclic) bond motifs is 2. The Morgan fingerprint density at radius 2 is 1.67 bits per heavy atom. The molecule has 0 aromatic heterocycles. The van der Waals surface area contributed by atoms with E-state index in [0.29, 0.717) is 12.8 Å². The number of aryl methyl sites for hydroxylation is 2. The minimum atomic E-state index is -4.18. The van der Waals surface area contributed by atoms with Gasteiger partial charge in [-0.25, -0.2) is 30.7 Å². The van der Waals surface area contributed by atoms with Crippen LogP contribution in [0.3, 0.4) is 0 Å². The molecule has 0 radical (unpaired) electrons. The number of carbonyl (C=O) groups excluding carboxylic acids is 1. The van der Waals surface area contributed by atoms with E-state index in [1.165, 1.54) is 29.3 Å².